The van der Waals surface area contributed by atoms with E-state index in [9.17, 15) is 9.18 Å². The summed E-state index contributed by atoms with van der Waals surface area (Å²) in [5, 5.41) is 0. The van der Waals surface area contributed by atoms with Crippen LogP contribution in [0.5, 0.6) is 0 Å². The second-order valence-corrected chi connectivity index (χ2v) is 4.40. The molecule has 1 aromatic rings. The number of halogens is 2. The lowest BCUT2D eigenvalue weighted by atomic mass is 10.2. The van der Waals surface area contributed by atoms with Gasteiger partial charge in [-0.15, -0.1) is 0 Å². The van der Waals surface area contributed by atoms with E-state index in [0.29, 0.717) is 12.1 Å². The van der Waals surface area contributed by atoms with Crippen LogP contribution >= 0.6 is 15.9 Å². The Morgan fingerprint density at radius 1 is 1.56 bits per heavy atom. The molecule has 0 saturated carbocycles. The summed E-state index contributed by atoms with van der Waals surface area (Å²) in [4.78, 5) is 12.7. The van der Waals surface area contributed by atoms with Gasteiger partial charge < -0.3 is 4.74 Å². The Balaban J connectivity index is 2.65. The van der Waals surface area contributed by atoms with Crippen LogP contribution in [0.3, 0.4) is 0 Å². The van der Waals surface area contributed by atoms with Crippen molar-refractivity contribution in [2.75, 3.05) is 20.7 Å². The van der Waals surface area contributed by atoms with Crippen LogP contribution in [0.25, 0.3) is 0 Å². The van der Waals surface area contributed by atoms with Gasteiger partial charge in [0.2, 0.25) is 0 Å². The summed E-state index contributed by atoms with van der Waals surface area (Å²) < 4.78 is 18.7. The molecule has 0 spiro atoms. The fraction of sp³-hybridized carbons (Fsp3) is 0.364. The monoisotopic (exact) mass is 289 g/mol. The number of benzene rings is 1. The largest absolute Gasteiger partial charge is 0.468 e. The van der Waals surface area contributed by atoms with Gasteiger partial charge in [-0.05, 0) is 25.2 Å². The summed E-state index contributed by atoms with van der Waals surface area (Å²) in [5.41, 5.74) is 0.542. The zero-order valence-electron chi connectivity index (χ0n) is 9.17. The number of esters is 1. The molecule has 0 atom stereocenters. The number of carbonyl (C=O) groups excluding carboxylic acids is 1. The zero-order chi connectivity index (χ0) is 12.1. The SMILES string of the molecule is COC(=O)CN(C)Cc1cc(Br)ccc1F. The van der Waals surface area contributed by atoms with Crippen LogP contribution in [0.15, 0.2) is 22.7 Å². The molecule has 0 radical (unpaired) electrons. The maximum Gasteiger partial charge on any atom is 0.319 e. The van der Waals surface area contributed by atoms with Crippen molar-refractivity contribution in [2.24, 2.45) is 0 Å². The van der Waals surface area contributed by atoms with E-state index in [4.69, 9.17) is 0 Å². The molecule has 88 valence electrons. The van der Waals surface area contributed by atoms with E-state index in [0.717, 1.165) is 4.47 Å². The van der Waals surface area contributed by atoms with Gasteiger partial charge in [0.25, 0.3) is 0 Å². The zero-order valence-corrected chi connectivity index (χ0v) is 10.8. The van der Waals surface area contributed by atoms with Crippen molar-refractivity contribution in [2.45, 2.75) is 6.54 Å². The number of likely N-dealkylation sites (N-methyl/N-ethyl adjacent to an activating group) is 1. The number of hydrogen-bond donors (Lipinski definition) is 0. The molecule has 0 fully saturated rings. The number of hydrogen-bond acceptors (Lipinski definition) is 3. The molecule has 1 aromatic carbocycles. The number of ether oxygens (including phenoxy) is 1. The fourth-order valence-electron chi connectivity index (χ4n) is 1.30. The molecule has 3 nitrogen and oxygen atoms in total. The second kappa shape index (κ2) is 5.96. The molecule has 0 aromatic heterocycles. The summed E-state index contributed by atoms with van der Waals surface area (Å²) in [6, 6.07) is 4.73. The van der Waals surface area contributed by atoms with E-state index in [1.54, 1.807) is 24.1 Å². The Labute approximate surface area is 102 Å². The van der Waals surface area contributed by atoms with Crippen molar-refractivity contribution in [1.29, 1.82) is 0 Å². The van der Waals surface area contributed by atoms with Gasteiger partial charge in [-0.1, -0.05) is 15.9 Å². The van der Waals surface area contributed by atoms with E-state index in [2.05, 4.69) is 20.7 Å². The minimum Gasteiger partial charge on any atom is -0.468 e. The maximum atomic E-state index is 13.4. The van der Waals surface area contributed by atoms with Gasteiger partial charge in [0.05, 0.1) is 13.7 Å². The first-order chi connectivity index (χ1) is 7.52. The molecule has 0 aliphatic heterocycles. The number of nitrogens with zero attached hydrogens (tertiary/aromatic N) is 1. The van der Waals surface area contributed by atoms with Crippen molar-refractivity contribution in [3.05, 3.63) is 34.1 Å². The molecule has 0 saturated heterocycles. The van der Waals surface area contributed by atoms with Crippen molar-refractivity contribution in [1.82, 2.24) is 4.90 Å². The Morgan fingerprint density at radius 3 is 2.88 bits per heavy atom. The highest BCUT2D eigenvalue weighted by molar-refractivity contribution is 9.10. The first-order valence-corrected chi connectivity index (χ1v) is 5.51. The number of carbonyl (C=O) groups is 1. The van der Waals surface area contributed by atoms with E-state index in [1.807, 2.05) is 0 Å². The van der Waals surface area contributed by atoms with Gasteiger partial charge in [-0.25, -0.2) is 4.39 Å². The normalized spacial score (nSPS) is 10.6. The highest BCUT2D eigenvalue weighted by atomic mass is 79.9. The molecule has 0 unspecified atom stereocenters. The lowest BCUT2D eigenvalue weighted by Gasteiger charge is -2.15. The van der Waals surface area contributed by atoms with Gasteiger partial charge in [0, 0.05) is 16.6 Å². The lowest BCUT2D eigenvalue weighted by Crippen LogP contribution is -2.26. The van der Waals surface area contributed by atoms with Crippen LogP contribution < -0.4 is 0 Å². The lowest BCUT2D eigenvalue weighted by molar-refractivity contribution is -0.141. The first-order valence-electron chi connectivity index (χ1n) is 4.72. The highest BCUT2D eigenvalue weighted by Crippen LogP contribution is 2.16. The highest BCUT2D eigenvalue weighted by Gasteiger charge is 2.09. The molecule has 1 rings (SSSR count). The van der Waals surface area contributed by atoms with Crippen LogP contribution in [0, 0.1) is 5.82 Å². The van der Waals surface area contributed by atoms with E-state index in [1.165, 1.54) is 13.2 Å². The van der Waals surface area contributed by atoms with Crippen molar-refractivity contribution < 1.29 is 13.9 Å². The summed E-state index contributed by atoms with van der Waals surface area (Å²) in [7, 11) is 3.06. The third-order valence-corrected chi connectivity index (χ3v) is 2.57. The van der Waals surface area contributed by atoms with Crippen LogP contribution in [-0.4, -0.2) is 31.6 Å². The standard InChI is InChI=1S/C11H13BrFNO2/c1-14(7-11(15)16-2)6-8-5-9(12)3-4-10(8)13/h3-5H,6-7H2,1-2H3. The third-order valence-electron chi connectivity index (χ3n) is 2.07. The summed E-state index contributed by atoms with van der Waals surface area (Å²) in [6.07, 6.45) is 0. The van der Waals surface area contributed by atoms with Gasteiger partial charge in [0.15, 0.2) is 0 Å². The van der Waals surface area contributed by atoms with E-state index < -0.39 is 0 Å². The van der Waals surface area contributed by atoms with Crippen LogP contribution in [-0.2, 0) is 16.1 Å². The molecule has 16 heavy (non-hydrogen) atoms. The Kier molecular flexibility index (Phi) is 4.89. The molecular weight excluding hydrogens is 277 g/mol. The van der Waals surface area contributed by atoms with Gasteiger partial charge in [-0.2, -0.15) is 0 Å². The third kappa shape index (κ3) is 3.90. The average molecular weight is 290 g/mol. The molecule has 0 aliphatic carbocycles. The van der Waals surface area contributed by atoms with Crippen molar-refractivity contribution >= 4 is 21.9 Å². The topological polar surface area (TPSA) is 29.5 Å². The van der Waals surface area contributed by atoms with Crippen LogP contribution in [0.4, 0.5) is 4.39 Å². The minimum atomic E-state index is -0.335. The quantitative estimate of drug-likeness (QED) is 0.796. The smallest absolute Gasteiger partial charge is 0.319 e. The fourth-order valence-corrected chi connectivity index (χ4v) is 1.70. The Morgan fingerprint density at radius 2 is 2.25 bits per heavy atom. The van der Waals surface area contributed by atoms with Gasteiger partial charge >= 0.3 is 5.97 Å². The average Bonchev–Trinajstić information content (AvgIpc) is 2.23. The van der Waals surface area contributed by atoms with Gasteiger partial charge in [-0.3, -0.25) is 9.69 Å². The number of methoxy groups -OCH3 is 1. The van der Waals surface area contributed by atoms with Crippen LogP contribution in [0.1, 0.15) is 5.56 Å². The molecule has 0 aliphatic rings. The summed E-state index contributed by atoms with van der Waals surface area (Å²) in [5.74, 6) is -0.613. The Hall–Kier alpha value is -0.940. The Bertz CT molecular complexity index is 384. The van der Waals surface area contributed by atoms with E-state index >= 15 is 0 Å². The predicted octanol–water partition coefficient (Wildman–Crippen LogP) is 2.19. The van der Waals surface area contributed by atoms with Crippen LogP contribution in [0.2, 0.25) is 0 Å². The molecule has 0 N–H and O–H groups in total. The first kappa shape index (κ1) is 13.1. The summed E-state index contributed by atoms with van der Waals surface area (Å²) >= 11 is 3.27. The van der Waals surface area contributed by atoms with Crippen molar-refractivity contribution in [3.63, 3.8) is 0 Å². The molecule has 0 bridgehead atoms. The molecule has 0 heterocycles. The number of rotatable bonds is 4. The minimum absolute atomic E-state index is 0.141. The van der Waals surface area contributed by atoms with Gasteiger partial charge in [0.1, 0.15) is 5.82 Å². The maximum absolute atomic E-state index is 13.4. The summed E-state index contributed by atoms with van der Waals surface area (Å²) in [6.45, 7) is 0.503. The van der Waals surface area contributed by atoms with E-state index in [-0.39, 0.29) is 18.3 Å². The van der Waals surface area contributed by atoms with Crippen molar-refractivity contribution in [3.8, 4) is 0 Å². The molecular formula is C11H13BrFNO2. The molecule has 0 amide bonds. The predicted molar refractivity (Wildman–Crippen MR) is 62.5 cm³/mol. The molecule has 5 heteroatoms. The second-order valence-electron chi connectivity index (χ2n) is 3.48.